The number of hydrogen-bond acceptors (Lipinski definition) is 1. The number of primary amides is 1. The van der Waals surface area contributed by atoms with Crippen molar-refractivity contribution < 1.29 is 4.79 Å². The van der Waals surface area contributed by atoms with Gasteiger partial charge in [-0.1, -0.05) is 89.7 Å². The normalized spacial score (nSPS) is 12.1. The first kappa shape index (κ1) is 24.7. The Balaban J connectivity index is 3.40. The van der Waals surface area contributed by atoms with Crippen LogP contribution < -0.4 is 5.73 Å². The Morgan fingerprint density at radius 2 is 1.42 bits per heavy atom. The van der Waals surface area contributed by atoms with Crippen LogP contribution in [0.15, 0.2) is 30.0 Å². The van der Waals surface area contributed by atoms with Crippen LogP contribution in [0.4, 0.5) is 0 Å². The molecule has 0 aromatic carbocycles. The first-order chi connectivity index (χ1) is 12.7. The van der Waals surface area contributed by atoms with E-state index in [9.17, 15) is 4.79 Å². The maximum Gasteiger partial charge on any atom is 0.220 e. The fraction of sp³-hybridized carbons (Fsp3) is 0.750. The summed E-state index contributed by atoms with van der Waals surface area (Å²) in [6.45, 7) is 4.18. The Morgan fingerprint density at radius 3 is 1.96 bits per heavy atom. The molecule has 0 heterocycles. The second-order valence-corrected chi connectivity index (χ2v) is 7.40. The summed E-state index contributed by atoms with van der Waals surface area (Å²) in [5, 5.41) is 0. The quantitative estimate of drug-likeness (QED) is 0.156. The van der Waals surface area contributed by atoms with Gasteiger partial charge >= 0.3 is 0 Å². The van der Waals surface area contributed by atoms with Gasteiger partial charge in [-0.25, -0.2) is 0 Å². The molecule has 0 spiro atoms. The van der Waals surface area contributed by atoms with E-state index in [4.69, 9.17) is 5.73 Å². The first-order valence-electron chi connectivity index (χ1n) is 11.0. The van der Waals surface area contributed by atoms with Crippen molar-refractivity contribution in [1.82, 2.24) is 0 Å². The molecule has 0 aliphatic carbocycles. The summed E-state index contributed by atoms with van der Waals surface area (Å²) in [5.74, 6) is 0.0258. The van der Waals surface area contributed by atoms with Crippen LogP contribution in [-0.4, -0.2) is 5.91 Å². The molecule has 0 aliphatic heterocycles. The largest absolute Gasteiger partial charge is 0.369 e. The summed E-state index contributed by atoms with van der Waals surface area (Å²) < 4.78 is 0. The number of carbonyl (C=O) groups is 1. The fourth-order valence-electron chi connectivity index (χ4n) is 3.28. The Labute approximate surface area is 163 Å². The van der Waals surface area contributed by atoms with Crippen molar-refractivity contribution in [3.05, 3.63) is 30.0 Å². The van der Waals surface area contributed by atoms with Crippen molar-refractivity contribution in [2.45, 2.75) is 110 Å². The van der Waals surface area contributed by atoms with E-state index in [0.29, 0.717) is 0 Å². The topological polar surface area (TPSA) is 43.1 Å². The molecule has 1 amide bonds. The maximum absolute atomic E-state index is 11.5. The minimum Gasteiger partial charge on any atom is -0.369 e. The van der Waals surface area contributed by atoms with E-state index >= 15 is 0 Å². The van der Waals surface area contributed by atoms with Gasteiger partial charge in [-0.2, -0.15) is 0 Å². The van der Waals surface area contributed by atoms with E-state index < -0.39 is 0 Å². The van der Waals surface area contributed by atoms with Gasteiger partial charge in [-0.15, -0.1) is 5.73 Å². The second-order valence-electron chi connectivity index (χ2n) is 7.40. The molecular weight excluding hydrogens is 318 g/mol. The molecule has 2 nitrogen and oxygen atoms in total. The lowest BCUT2D eigenvalue weighted by molar-refractivity contribution is -0.122. The highest BCUT2D eigenvalue weighted by Crippen LogP contribution is 2.18. The molecular formula is C24H43NO. The smallest absolute Gasteiger partial charge is 0.220 e. The summed E-state index contributed by atoms with van der Waals surface area (Å²) in [6.07, 6.45) is 26.7. The van der Waals surface area contributed by atoms with Crippen molar-refractivity contribution in [3.8, 4) is 0 Å². The number of hydrogen-bond donors (Lipinski definition) is 1. The number of carbonyl (C=O) groups excluding carboxylic acids is 1. The maximum atomic E-state index is 11.5. The molecule has 1 atom stereocenters. The van der Waals surface area contributed by atoms with Crippen LogP contribution in [0.2, 0.25) is 0 Å². The summed E-state index contributed by atoms with van der Waals surface area (Å²) in [4.78, 5) is 11.5. The predicted molar refractivity (Wildman–Crippen MR) is 115 cm³/mol. The summed E-state index contributed by atoms with van der Waals surface area (Å²) in [5.41, 5.74) is 8.58. The van der Waals surface area contributed by atoms with Crippen LogP contribution in [0.5, 0.6) is 0 Å². The van der Waals surface area contributed by atoms with Crippen molar-refractivity contribution in [3.63, 3.8) is 0 Å². The number of rotatable bonds is 18. The third-order valence-electron chi connectivity index (χ3n) is 4.98. The fourth-order valence-corrected chi connectivity index (χ4v) is 3.28. The Morgan fingerprint density at radius 1 is 0.885 bits per heavy atom. The van der Waals surface area contributed by atoms with Crippen LogP contribution in [0.3, 0.4) is 0 Å². The third kappa shape index (κ3) is 17.5. The molecule has 0 aromatic heterocycles. The SMILES string of the molecule is CC=C=C/C=C/CCCCCCCCCCCC(CCCCC)C(N)=O. The minimum absolute atomic E-state index is 0.0891. The lowest BCUT2D eigenvalue weighted by Gasteiger charge is -2.12. The zero-order valence-corrected chi connectivity index (χ0v) is 17.5. The van der Waals surface area contributed by atoms with Crippen LogP contribution in [-0.2, 0) is 4.79 Å². The van der Waals surface area contributed by atoms with Gasteiger partial charge in [0.25, 0.3) is 0 Å². The predicted octanol–water partition coefficient (Wildman–Crippen LogP) is 7.25. The third-order valence-corrected chi connectivity index (χ3v) is 4.98. The lowest BCUT2D eigenvalue weighted by atomic mass is 9.94. The highest BCUT2D eigenvalue weighted by atomic mass is 16.1. The number of unbranched alkanes of at least 4 members (excludes halogenated alkanes) is 11. The lowest BCUT2D eigenvalue weighted by Crippen LogP contribution is -2.23. The van der Waals surface area contributed by atoms with E-state index in [-0.39, 0.29) is 11.8 Å². The highest BCUT2D eigenvalue weighted by molar-refractivity contribution is 5.76. The number of nitrogens with two attached hydrogens (primary N) is 1. The zero-order chi connectivity index (χ0) is 19.3. The van der Waals surface area contributed by atoms with E-state index in [0.717, 1.165) is 25.7 Å². The monoisotopic (exact) mass is 361 g/mol. The minimum atomic E-state index is -0.0891. The Hall–Kier alpha value is -1.27. The van der Waals surface area contributed by atoms with Gasteiger partial charge in [-0.3, -0.25) is 4.79 Å². The average Bonchev–Trinajstić information content (AvgIpc) is 2.63. The standard InChI is InChI=1S/C24H43NO/c1-3-5-7-8-9-10-11-12-13-14-15-16-17-18-20-22-23(24(25)26)21-19-6-4-2/h3,7-9,23H,4,6,10-22H2,1-2H3,(H2,25,26)/b9-8+. The van der Waals surface area contributed by atoms with Crippen molar-refractivity contribution >= 4 is 5.91 Å². The van der Waals surface area contributed by atoms with Gasteiger partial charge < -0.3 is 5.73 Å². The molecule has 0 aliphatic rings. The molecule has 2 heteroatoms. The zero-order valence-electron chi connectivity index (χ0n) is 17.5. The molecule has 2 N–H and O–H groups in total. The van der Waals surface area contributed by atoms with Crippen LogP contribution in [0.1, 0.15) is 110 Å². The second kappa shape index (κ2) is 20.0. The molecule has 0 rings (SSSR count). The molecule has 0 aromatic rings. The molecule has 0 bridgehead atoms. The van der Waals surface area contributed by atoms with E-state index in [1.54, 1.807) is 0 Å². The van der Waals surface area contributed by atoms with Gasteiger partial charge in [0.2, 0.25) is 5.91 Å². The summed E-state index contributed by atoms with van der Waals surface area (Å²) in [6, 6.07) is 0. The summed E-state index contributed by atoms with van der Waals surface area (Å²) >= 11 is 0. The molecule has 0 fully saturated rings. The molecule has 26 heavy (non-hydrogen) atoms. The molecule has 0 radical (unpaired) electrons. The molecule has 150 valence electrons. The van der Waals surface area contributed by atoms with Crippen LogP contribution in [0, 0.1) is 5.92 Å². The highest BCUT2D eigenvalue weighted by Gasteiger charge is 2.13. The summed E-state index contributed by atoms with van der Waals surface area (Å²) in [7, 11) is 0. The van der Waals surface area contributed by atoms with Gasteiger partial charge in [0.05, 0.1) is 0 Å². The first-order valence-corrected chi connectivity index (χ1v) is 11.0. The van der Waals surface area contributed by atoms with Gasteiger partial charge in [0, 0.05) is 5.92 Å². The molecule has 1 unspecified atom stereocenters. The number of allylic oxidation sites excluding steroid dienone is 3. The van der Waals surface area contributed by atoms with E-state index in [1.807, 2.05) is 19.1 Å². The Bertz CT molecular complexity index is 404. The van der Waals surface area contributed by atoms with E-state index in [2.05, 4.69) is 24.8 Å². The van der Waals surface area contributed by atoms with Crippen molar-refractivity contribution in [1.29, 1.82) is 0 Å². The van der Waals surface area contributed by atoms with Crippen LogP contribution in [0.25, 0.3) is 0 Å². The van der Waals surface area contributed by atoms with Crippen molar-refractivity contribution in [2.75, 3.05) is 0 Å². The Kier molecular flexibility index (Phi) is 19.1. The average molecular weight is 362 g/mol. The number of amides is 1. The molecule has 0 saturated carbocycles. The van der Waals surface area contributed by atoms with Gasteiger partial charge in [0.1, 0.15) is 0 Å². The van der Waals surface area contributed by atoms with Crippen LogP contribution >= 0.6 is 0 Å². The van der Waals surface area contributed by atoms with Gasteiger partial charge in [-0.05, 0) is 44.8 Å². The van der Waals surface area contributed by atoms with Gasteiger partial charge in [0.15, 0.2) is 0 Å². The van der Waals surface area contributed by atoms with E-state index in [1.165, 1.54) is 70.6 Å². The van der Waals surface area contributed by atoms with Crippen molar-refractivity contribution in [2.24, 2.45) is 11.7 Å². The molecule has 0 saturated heterocycles.